The first-order chi connectivity index (χ1) is 14.8. The van der Waals surface area contributed by atoms with Gasteiger partial charge in [0, 0.05) is 18.5 Å². The average molecular weight is 438 g/mol. The van der Waals surface area contributed by atoms with Crippen LogP contribution in [0.25, 0.3) is 10.2 Å². The lowest BCUT2D eigenvalue weighted by atomic mass is 9.97. The number of nitrogens with zero attached hydrogens (tertiary/aromatic N) is 3. The number of thiazole rings is 1. The molecule has 0 aliphatic rings. The van der Waals surface area contributed by atoms with Crippen LogP contribution in [-0.4, -0.2) is 15.9 Å². The largest absolute Gasteiger partial charge is 0.283 e. The lowest BCUT2D eigenvalue weighted by Gasteiger charge is -2.21. The summed E-state index contributed by atoms with van der Waals surface area (Å²) in [5.41, 5.74) is 5.08. The molecule has 158 valence electrons. The van der Waals surface area contributed by atoms with Crippen molar-refractivity contribution in [3.63, 3.8) is 0 Å². The summed E-state index contributed by atoms with van der Waals surface area (Å²) in [6.45, 7) is 6.24. The lowest BCUT2D eigenvalue weighted by molar-refractivity contribution is -0.118. The number of pyridine rings is 1. The zero-order valence-corrected chi connectivity index (χ0v) is 18.3. The first-order valence-electron chi connectivity index (χ1n) is 9.83. The summed E-state index contributed by atoms with van der Waals surface area (Å²) in [5.74, 6) is -1.58. The molecule has 0 spiro atoms. The van der Waals surface area contributed by atoms with Gasteiger partial charge in [-0.05, 0) is 55.2 Å². The molecule has 0 unspecified atom stereocenters. The minimum Gasteiger partial charge on any atom is -0.283 e. The van der Waals surface area contributed by atoms with E-state index in [0.29, 0.717) is 9.83 Å². The third-order valence-electron chi connectivity index (χ3n) is 5.17. The van der Waals surface area contributed by atoms with E-state index in [2.05, 4.69) is 22.1 Å². The molecule has 7 heteroatoms. The van der Waals surface area contributed by atoms with Gasteiger partial charge in [0.2, 0.25) is 5.91 Å². The molecule has 4 rings (SSSR count). The predicted molar refractivity (Wildman–Crippen MR) is 119 cm³/mol. The van der Waals surface area contributed by atoms with Gasteiger partial charge in [-0.15, -0.1) is 0 Å². The van der Waals surface area contributed by atoms with Gasteiger partial charge in [-0.3, -0.25) is 14.7 Å². The Morgan fingerprint density at radius 1 is 1.10 bits per heavy atom. The summed E-state index contributed by atoms with van der Waals surface area (Å²) >= 11 is 1.10. The van der Waals surface area contributed by atoms with Gasteiger partial charge < -0.3 is 0 Å². The van der Waals surface area contributed by atoms with Gasteiger partial charge in [0.25, 0.3) is 0 Å². The van der Waals surface area contributed by atoms with E-state index in [1.54, 1.807) is 18.5 Å². The fourth-order valence-electron chi connectivity index (χ4n) is 3.73. The maximum atomic E-state index is 14.2. The number of amides is 1. The van der Waals surface area contributed by atoms with Gasteiger partial charge in [0.15, 0.2) is 10.9 Å². The number of aryl methyl sites for hydroxylation is 3. The Bertz CT molecular complexity index is 1250. The fourth-order valence-corrected chi connectivity index (χ4v) is 4.75. The van der Waals surface area contributed by atoms with Crippen LogP contribution in [0.15, 0.2) is 48.8 Å². The number of rotatable bonds is 5. The number of hydrogen-bond donors (Lipinski definition) is 0. The van der Waals surface area contributed by atoms with Gasteiger partial charge >= 0.3 is 0 Å². The number of aromatic nitrogens is 2. The number of fused-ring (bicyclic) bond motifs is 1. The highest BCUT2D eigenvalue weighted by atomic mass is 32.1. The fraction of sp³-hybridized carbons (Fsp3) is 0.208. The van der Waals surface area contributed by atoms with Crippen LogP contribution in [0.5, 0.6) is 0 Å². The summed E-state index contributed by atoms with van der Waals surface area (Å²) in [6, 6.07) is 9.80. The van der Waals surface area contributed by atoms with Crippen LogP contribution in [-0.2, 0) is 17.8 Å². The summed E-state index contributed by atoms with van der Waals surface area (Å²) in [6.07, 6.45) is 3.52. The molecule has 0 radical (unpaired) electrons. The molecule has 31 heavy (non-hydrogen) atoms. The number of halogens is 2. The van der Waals surface area contributed by atoms with Gasteiger partial charge in [-0.2, -0.15) is 0 Å². The van der Waals surface area contributed by atoms with Crippen LogP contribution in [0.2, 0.25) is 0 Å². The maximum absolute atomic E-state index is 14.2. The molecule has 0 aliphatic carbocycles. The normalized spacial score (nSPS) is 11.1. The lowest BCUT2D eigenvalue weighted by Crippen LogP contribution is -2.32. The standard InChI is InChI=1S/C24H21F2N3OS/c1-14-7-15(2)19(16(3)8-14)11-22(30)29(13-17-5-4-6-27-12-17)24-28-23-20(26)9-18(25)10-21(23)31-24/h4-10,12H,11,13H2,1-3H3. The number of hydrogen-bond acceptors (Lipinski definition) is 4. The van der Waals surface area contributed by atoms with Crippen molar-refractivity contribution in [3.8, 4) is 0 Å². The van der Waals surface area contributed by atoms with Crippen molar-refractivity contribution in [2.45, 2.75) is 33.7 Å². The first-order valence-corrected chi connectivity index (χ1v) is 10.6. The zero-order chi connectivity index (χ0) is 22.1. The summed E-state index contributed by atoms with van der Waals surface area (Å²) in [5, 5.41) is 0.329. The number of anilines is 1. The van der Waals surface area contributed by atoms with E-state index >= 15 is 0 Å². The number of carbonyl (C=O) groups excluding carboxylic acids is 1. The SMILES string of the molecule is Cc1cc(C)c(CC(=O)N(Cc2cccnc2)c2nc3c(F)cc(F)cc3s2)c(C)c1. The van der Waals surface area contributed by atoms with Crippen molar-refractivity contribution in [3.05, 3.63) is 88.2 Å². The molecule has 0 N–H and O–H groups in total. The molecular formula is C24H21F2N3OS. The molecule has 0 bridgehead atoms. The van der Waals surface area contributed by atoms with Crippen molar-refractivity contribution in [1.29, 1.82) is 0 Å². The second kappa shape index (κ2) is 8.51. The first kappa shape index (κ1) is 21.1. The van der Waals surface area contributed by atoms with E-state index in [9.17, 15) is 13.6 Å². The summed E-state index contributed by atoms with van der Waals surface area (Å²) < 4.78 is 28.3. The van der Waals surface area contributed by atoms with E-state index in [1.807, 2.05) is 26.8 Å². The molecule has 4 aromatic rings. The summed E-state index contributed by atoms with van der Waals surface area (Å²) in [4.78, 5) is 23.4. The Kier molecular flexibility index (Phi) is 5.78. The Labute approximate surface area is 183 Å². The van der Waals surface area contributed by atoms with Gasteiger partial charge in [0.1, 0.15) is 11.3 Å². The topological polar surface area (TPSA) is 46.1 Å². The molecule has 0 saturated heterocycles. The Morgan fingerprint density at radius 3 is 2.52 bits per heavy atom. The molecule has 0 saturated carbocycles. The van der Waals surface area contributed by atoms with Gasteiger partial charge in [-0.25, -0.2) is 13.8 Å². The van der Waals surface area contributed by atoms with Crippen molar-refractivity contribution in [1.82, 2.24) is 9.97 Å². The monoisotopic (exact) mass is 437 g/mol. The molecular weight excluding hydrogens is 416 g/mol. The molecule has 2 heterocycles. The quantitative estimate of drug-likeness (QED) is 0.404. The maximum Gasteiger partial charge on any atom is 0.233 e. The highest BCUT2D eigenvalue weighted by Gasteiger charge is 2.23. The molecule has 2 aromatic heterocycles. The minimum atomic E-state index is -0.739. The van der Waals surface area contributed by atoms with Crippen molar-refractivity contribution in [2.75, 3.05) is 4.90 Å². The highest BCUT2D eigenvalue weighted by molar-refractivity contribution is 7.22. The number of carbonyl (C=O) groups is 1. The van der Waals surface area contributed by atoms with Crippen molar-refractivity contribution in [2.24, 2.45) is 0 Å². The Hall–Kier alpha value is -3.19. The second-order valence-electron chi connectivity index (χ2n) is 7.63. The van der Waals surface area contributed by atoms with Crippen LogP contribution >= 0.6 is 11.3 Å². The van der Waals surface area contributed by atoms with Crippen LogP contribution in [0, 0.1) is 32.4 Å². The smallest absolute Gasteiger partial charge is 0.233 e. The van der Waals surface area contributed by atoms with Crippen LogP contribution < -0.4 is 4.90 Å². The molecule has 4 nitrogen and oxygen atoms in total. The van der Waals surface area contributed by atoms with E-state index in [4.69, 9.17) is 0 Å². The average Bonchev–Trinajstić information content (AvgIpc) is 3.13. The Balaban J connectivity index is 1.74. The zero-order valence-electron chi connectivity index (χ0n) is 17.4. The molecule has 0 atom stereocenters. The van der Waals surface area contributed by atoms with Gasteiger partial charge in [0.05, 0.1) is 17.7 Å². The highest BCUT2D eigenvalue weighted by Crippen LogP contribution is 2.32. The van der Waals surface area contributed by atoms with E-state index in [-0.39, 0.29) is 24.4 Å². The van der Waals surface area contributed by atoms with Crippen molar-refractivity contribution >= 4 is 32.6 Å². The molecule has 0 fully saturated rings. The predicted octanol–water partition coefficient (Wildman–Crippen LogP) is 5.67. The van der Waals surface area contributed by atoms with E-state index in [0.717, 1.165) is 45.2 Å². The molecule has 1 amide bonds. The molecule has 2 aromatic carbocycles. The van der Waals surface area contributed by atoms with Crippen LogP contribution in [0.4, 0.5) is 13.9 Å². The van der Waals surface area contributed by atoms with Crippen LogP contribution in [0.3, 0.4) is 0 Å². The second-order valence-corrected chi connectivity index (χ2v) is 8.64. The van der Waals surface area contributed by atoms with Crippen LogP contribution in [0.1, 0.15) is 27.8 Å². The third kappa shape index (κ3) is 4.46. The Morgan fingerprint density at radius 2 is 1.84 bits per heavy atom. The van der Waals surface area contributed by atoms with E-state index < -0.39 is 11.6 Å². The molecule has 0 aliphatic heterocycles. The van der Waals surface area contributed by atoms with Gasteiger partial charge in [-0.1, -0.05) is 35.1 Å². The van der Waals surface area contributed by atoms with E-state index in [1.165, 1.54) is 11.0 Å². The summed E-state index contributed by atoms with van der Waals surface area (Å²) in [7, 11) is 0. The minimum absolute atomic E-state index is 0.0630. The third-order valence-corrected chi connectivity index (χ3v) is 6.19. The van der Waals surface area contributed by atoms with Crippen molar-refractivity contribution < 1.29 is 13.6 Å². The number of benzene rings is 2.